The Bertz CT molecular complexity index is 3360. The van der Waals surface area contributed by atoms with Crippen molar-refractivity contribution >= 4 is 88.9 Å². The third-order valence-corrected chi connectivity index (χ3v) is 11.1. The molecule has 268 valence electrons. The maximum Gasteiger partial charge on any atom is 0.153 e. The van der Waals surface area contributed by atoms with Crippen molar-refractivity contribution in [1.29, 1.82) is 0 Å². The van der Waals surface area contributed by atoms with E-state index in [2.05, 4.69) is 137 Å². The van der Waals surface area contributed by atoms with Crippen LogP contribution < -0.4 is 14.5 Å². The predicted molar refractivity (Wildman–Crippen MR) is 231 cm³/mol. The Hall–Kier alpha value is -7.83. The molecule has 6 nitrogen and oxygen atoms in total. The molecular formula is C51H31N3O3. The number of furan rings is 2. The smallest absolute Gasteiger partial charge is 0.153 e. The summed E-state index contributed by atoms with van der Waals surface area (Å²) >= 11 is 0. The van der Waals surface area contributed by atoms with Crippen molar-refractivity contribution in [3.05, 3.63) is 188 Å². The zero-order valence-electron chi connectivity index (χ0n) is 30.5. The van der Waals surface area contributed by atoms with Crippen LogP contribution in [-0.2, 0) is 0 Å². The summed E-state index contributed by atoms with van der Waals surface area (Å²) in [6.07, 6.45) is 1.88. The first-order chi connectivity index (χ1) is 28.2. The van der Waals surface area contributed by atoms with Crippen molar-refractivity contribution in [2.75, 3.05) is 9.80 Å². The highest BCUT2D eigenvalue weighted by molar-refractivity contribution is 6.14. The van der Waals surface area contributed by atoms with Gasteiger partial charge in [-0.1, -0.05) is 97.1 Å². The SMILES string of the molecule is c1ccc(-c2cc(N(c3ccc4c(c3)Oc3ccccc3N4c3ccc4c(c3)oc3ccccc34)c3ccnc4ccccc34)cc3oc4ccccc4c23)cc1. The standard InChI is InChI=1S/C51H31N3O3/c1-2-12-32(13-3-1)40-28-35(31-50-51(40)39-16-6-10-20-46(39)56-50)53(42-26-27-52-41-17-7-4-15-38(41)42)33-23-25-44-49(30-33)57-47-21-11-8-18-43(47)54(44)34-22-24-37-36-14-5-9-19-45(36)55-48(37)29-34/h1-31H. The average Bonchev–Trinajstić information content (AvgIpc) is 3.84. The van der Waals surface area contributed by atoms with E-state index in [0.29, 0.717) is 0 Å². The molecule has 0 fully saturated rings. The summed E-state index contributed by atoms with van der Waals surface area (Å²) in [6.45, 7) is 0. The number of nitrogens with zero attached hydrogens (tertiary/aromatic N) is 3. The molecule has 3 aromatic heterocycles. The molecule has 0 N–H and O–H groups in total. The molecule has 0 atom stereocenters. The van der Waals surface area contributed by atoms with E-state index in [4.69, 9.17) is 18.6 Å². The summed E-state index contributed by atoms with van der Waals surface area (Å²) in [4.78, 5) is 9.29. The van der Waals surface area contributed by atoms with E-state index in [1.807, 2.05) is 60.8 Å². The second-order valence-electron chi connectivity index (χ2n) is 14.3. The zero-order valence-corrected chi connectivity index (χ0v) is 30.5. The number of benzene rings is 8. The minimum absolute atomic E-state index is 0.729. The summed E-state index contributed by atoms with van der Waals surface area (Å²) in [5, 5.41) is 5.38. The number of ether oxygens (including phenoxy) is 1. The average molecular weight is 734 g/mol. The van der Waals surface area contributed by atoms with Crippen LogP contribution in [0.25, 0.3) is 65.9 Å². The monoisotopic (exact) mass is 733 g/mol. The first-order valence-electron chi connectivity index (χ1n) is 19.0. The van der Waals surface area contributed by atoms with Crippen LogP contribution in [0.5, 0.6) is 11.5 Å². The maximum atomic E-state index is 6.80. The van der Waals surface area contributed by atoms with E-state index < -0.39 is 0 Å². The van der Waals surface area contributed by atoms with Crippen molar-refractivity contribution in [3.8, 4) is 22.6 Å². The van der Waals surface area contributed by atoms with Crippen molar-refractivity contribution in [2.24, 2.45) is 0 Å². The normalized spacial score (nSPS) is 12.3. The summed E-state index contributed by atoms with van der Waals surface area (Å²) in [7, 11) is 0. The van der Waals surface area contributed by atoms with Gasteiger partial charge < -0.3 is 23.4 Å². The van der Waals surface area contributed by atoms with Crippen LogP contribution in [0.15, 0.2) is 197 Å². The lowest BCUT2D eigenvalue weighted by molar-refractivity contribution is 0.477. The summed E-state index contributed by atoms with van der Waals surface area (Å²) in [5.41, 5.74) is 12.2. The minimum Gasteiger partial charge on any atom is -0.456 e. The van der Waals surface area contributed by atoms with E-state index in [0.717, 1.165) is 112 Å². The van der Waals surface area contributed by atoms with Gasteiger partial charge in [-0.3, -0.25) is 4.98 Å². The Morgan fingerprint density at radius 3 is 2.05 bits per heavy atom. The highest BCUT2D eigenvalue weighted by Crippen LogP contribution is 2.53. The van der Waals surface area contributed by atoms with Gasteiger partial charge in [0.05, 0.1) is 39.6 Å². The van der Waals surface area contributed by atoms with E-state index in [1.165, 1.54) is 0 Å². The van der Waals surface area contributed by atoms with Gasteiger partial charge >= 0.3 is 0 Å². The molecule has 0 radical (unpaired) electrons. The van der Waals surface area contributed by atoms with Crippen LogP contribution in [0.4, 0.5) is 34.1 Å². The first-order valence-corrected chi connectivity index (χ1v) is 19.0. The predicted octanol–water partition coefficient (Wildman–Crippen LogP) is 14.7. The van der Waals surface area contributed by atoms with Gasteiger partial charge in [-0.2, -0.15) is 0 Å². The van der Waals surface area contributed by atoms with Crippen molar-refractivity contribution in [3.63, 3.8) is 0 Å². The second-order valence-corrected chi connectivity index (χ2v) is 14.3. The molecule has 0 amide bonds. The lowest BCUT2D eigenvalue weighted by Gasteiger charge is -2.34. The molecule has 11 aromatic rings. The summed E-state index contributed by atoms with van der Waals surface area (Å²) in [6, 6.07) is 62.8. The fourth-order valence-corrected chi connectivity index (χ4v) is 8.53. The number of pyridine rings is 1. The number of hydrogen-bond donors (Lipinski definition) is 0. The van der Waals surface area contributed by atoms with Gasteiger partial charge in [0.25, 0.3) is 0 Å². The number of hydrogen-bond acceptors (Lipinski definition) is 6. The topological polar surface area (TPSA) is 54.9 Å². The van der Waals surface area contributed by atoms with E-state index in [9.17, 15) is 0 Å². The molecule has 6 heteroatoms. The lowest BCUT2D eigenvalue weighted by atomic mass is 9.98. The first kappa shape index (κ1) is 31.5. The number of aromatic nitrogens is 1. The molecule has 12 rings (SSSR count). The summed E-state index contributed by atoms with van der Waals surface area (Å²) in [5.74, 6) is 1.50. The molecule has 0 saturated carbocycles. The molecule has 0 aliphatic carbocycles. The Labute approximate surface area is 327 Å². The summed E-state index contributed by atoms with van der Waals surface area (Å²) < 4.78 is 19.8. The van der Waals surface area contributed by atoms with Crippen LogP contribution in [0.1, 0.15) is 0 Å². The molecule has 0 bridgehead atoms. The Morgan fingerprint density at radius 1 is 0.456 bits per heavy atom. The minimum atomic E-state index is 0.729. The van der Waals surface area contributed by atoms with E-state index >= 15 is 0 Å². The fourth-order valence-electron chi connectivity index (χ4n) is 8.53. The molecular weight excluding hydrogens is 703 g/mol. The van der Waals surface area contributed by atoms with Crippen LogP contribution in [0.3, 0.4) is 0 Å². The Kier molecular flexibility index (Phi) is 6.83. The zero-order chi connectivity index (χ0) is 37.5. The third-order valence-electron chi connectivity index (χ3n) is 11.1. The second kappa shape index (κ2) is 12.3. The van der Waals surface area contributed by atoms with Gasteiger partial charge in [-0.05, 0) is 77.9 Å². The largest absolute Gasteiger partial charge is 0.456 e. The third kappa shape index (κ3) is 4.94. The number of anilines is 6. The molecule has 1 aliphatic heterocycles. The highest BCUT2D eigenvalue weighted by Gasteiger charge is 2.29. The fraction of sp³-hybridized carbons (Fsp3) is 0. The van der Waals surface area contributed by atoms with Crippen molar-refractivity contribution in [1.82, 2.24) is 4.98 Å². The van der Waals surface area contributed by atoms with Gasteiger partial charge in [-0.15, -0.1) is 0 Å². The number of fused-ring (bicyclic) bond motifs is 9. The van der Waals surface area contributed by atoms with E-state index in [1.54, 1.807) is 0 Å². The molecule has 0 spiro atoms. The lowest BCUT2D eigenvalue weighted by Crippen LogP contribution is -2.17. The molecule has 57 heavy (non-hydrogen) atoms. The van der Waals surface area contributed by atoms with Crippen LogP contribution >= 0.6 is 0 Å². The van der Waals surface area contributed by atoms with Gasteiger partial charge in [0.15, 0.2) is 11.5 Å². The number of rotatable bonds is 5. The number of para-hydroxylation sites is 5. The van der Waals surface area contributed by atoms with Gasteiger partial charge in [-0.25, -0.2) is 0 Å². The molecule has 1 aliphatic rings. The van der Waals surface area contributed by atoms with Gasteiger partial charge in [0.2, 0.25) is 0 Å². The Balaban J connectivity index is 1.08. The van der Waals surface area contributed by atoms with Crippen LogP contribution in [-0.4, -0.2) is 4.98 Å². The van der Waals surface area contributed by atoms with Crippen molar-refractivity contribution < 1.29 is 13.6 Å². The Morgan fingerprint density at radius 2 is 1.16 bits per heavy atom. The van der Waals surface area contributed by atoms with Crippen LogP contribution in [0.2, 0.25) is 0 Å². The maximum absolute atomic E-state index is 6.80. The molecule has 0 saturated heterocycles. The van der Waals surface area contributed by atoms with Gasteiger partial charge in [0, 0.05) is 51.3 Å². The van der Waals surface area contributed by atoms with Gasteiger partial charge in [0.1, 0.15) is 22.3 Å². The highest BCUT2D eigenvalue weighted by atomic mass is 16.5. The quantitative estimate of drug-likeness (QED) is 0.176. The van der Waals surface area contributed by atoms with Crippen molar-refractivity contribution in [2.45, 2.75) is 0 Å². The molecule has 4 heterocycles. The molecule has 8 aromatic carbocycles. The van der Waals surface area contributed by atoms with E-state index in [-0.39, 0.29) is 0 Å². The molecule has 0 unspecified atom stereocenters. The van der Waals surface area contributed by atoms with Crippen LogP contribution in [0, 0.1) is 0 Å².